The molecule has 1 atom stereocenters. The number of nitrogens with zero attached hydrogens (tertiary/aromatic N) is 3. The van der Waals surface area contributed by atoms with Crippen LogP contribution in [0.1, 0.15) is 25.1 Å². The second kappa shape index (κ2) is 9.62. The minimum atomic E-state index is -4.60. The van der Waals surface area contributed by atoms with Gasteiger partial charge in [0.25, 0.3) is 0 Å². The largest absolute Gasteiger partial charge is 0.454 e. The highest BCUT2D eigenvalue weighted by Gasteiger charge is 2.52. The summed E-state index contributed by atoms with van der Waals surface area (Å²) < 4.78 is 54.8. The lowest BCUT2D eigenvalue weighted by atomic mass is 9.75. The molecule has 11 heteroatoms. The second-order valence-electron chi connectivity index (χ2n) is 9.51. The Kier molecular flexibility index (Phi) is 6.54. The van der Waals surface area contributed by atoms with Gasteiger partial charge >= 0.3 is 6.18 Å². The topological polar surface area (TPSA) is 85.8 Å². The summed E-state index contributed by atoms with van der Waals surface area (Å²) in [5.41, 5.74) is 0.788. The molecule has 188 valence electrons. The zero-order valence-corrected chi connectivity index (χ0v) is 19.1. The van der Waals surface area contributed by atoms with E-state index in [0.29, 0.717) is 30.7 Å². The van der Waals surface area contributed by atoms with Gasteiger partial charge in [-0.2, -0.15) is 13.2 Å². The normalized spacial score (nSPS) is 25.4. The molecule has 0 spiro atoms. The number of halogens is 3. The highest BCUT2D eigenvalue weighted by atomic mass is 19.4. The lowest BCUT2D eigenvalue weighted by Crippen LogP contribution is -2.42. The number of anilines is 1. The van der Waals surface area contributed by atoms with E-state index in [0.717, 1.165) is 57.0 Å². The molecule has 35 heavy (non-hydrogen) atoms. The van der Waals surface area contributed by atoms with Crippen LogP contribution in [0.4, 0.5) is 18.9 Å². The molecule has 0 radical (unpaired) electrons. The minimum Gasteiger partial charge on any atom is -0.454 e. The number of hydrogen-bond donors (Lipinski definition) is 1. The quantitative estimate of drug-likeness (QED) is 0.574. The Morgan fingerprint density at radius 1 is 1.23 bits per heavy atom. The van der Waals surface area contributed by atoms with Crippen molar-refractivity contribution >= 4 is 11.6 Å². The predicted molar refractivity (Wildman–Crippen MR) is 119 cm³/mol. The average molecular weight is 492 g/mol. The number of carbonyl (C=O) groups is 1. The predicted octanol–water partition coefficient (Wildman–Crippen LogP) is 3.43. The zero-order chi connectivity index (χ0) is 24.5. The van der Waals surface area contributed by atoms with Gasteiger partial charge in [0.05, 0.1) is 31.2 Å². The molecule has 1 amide bonds. The summed E-state index contributed by atoms with van der Waals surface area (Å²) in [5, 5.41) is 2.96. The first-order valence-corrected chi connectivity index (χ1v) is 11.7. The summed E-state index contributed by atoms with van der Waals surface area (Å²) in [6.45, 7) is 3.50. The maximum absolute atomic E-state index is 12.6. The fourth-order valence-electron chi connectivity index (χ4n) is 4.95. The number of carbonyl (C=O) groups excluding carboxylic acids is 1. The molecule has 6 rings (SSSR count). The first-order valence-electron chi connectivity index (χ1n) is 11.7. The van der Waals surface area contributed by atoms with E-state index in [1.807, 2.05) is 18.2 Å². The van der Waals surface area contributed by atoms with E-state index in [9.17, 15) is 18.0 Å². The highest BCUT2D eigenvalue weighted by Crippen LogP contribution is 2.48. The summed E-state index contributed by atoms with van der Waals surface area (Å²) in [4.78, 5) is 21.0. The molecule has 1 aliphatic carbocycles. The van der Waals surface area contributed by atoms with Gasteiger partial charge < -0.3 is 24.4 Å². The molecule has 8 nitrogen and oxygen atoms in total. The lowest BCUT2D eigenvalue weighted by molar-refractivity contribution is -0.145. The third-order valence-corrected chi connectivity index (χ3v) is 6.72. The average Bonchev–Trinajstić information content (AvgIpc) is 3.54. The minimum absolute atomic E-state index is 0.0409. The monoisotopic (exact) mass is 492 g/mol. The van der Waals surface area contributed by atoms with Crippen LogP contribution in [0.15, 0.2) is 36.7 Å². The zero-order valence-electron chi connectivity index (χ0n) is 19.1. The van der Waals surface area contributed by atoms with Crippen LogP contribution in [0.25, 0.3) is 0 Å². The van der Waals surface area contributed by atoms with Crippen molar-refractivity contribution in [1.29, 1.82) is 0 Å². The van der Waals surface area contributed by atoms with Crippen LogP contribution in [-0.2, 0) is 20.4 Å². The molecular weight excluding hydrogens is 465 g/mol. The molecule has 2 aromatic rings. The van der Waals surface area contributed by atoms with Crippen LogP contribution in [0.5, 0.6) is 11.5 Å². The molecule has 3 saturated heterocycles. The molecule has 4 heterocycles. The fraction of sp³-hybridized carbons (Fsp3) is 0.542. The highest BCUT2D eigenvalue weighted by molar-refractivity contribution is 5.77. The van der Waals surface area contributed by atoms with Gasteiger partial charge in [-0.25, -0.2) is 9.97 Å². The second-order valence-corrected chi connectivity index (χ2v) is 9.51. The third kappa shape index (κ3) is 5.67. The Morgan fingerprint density at radius 2 is 2.03 bits per heavy atom. The van der Waals surface area contributed by atoms with Crippen molar-refractivity contribution in [2.24, 2.45) is 11.8 Å². The fourth-order valence-corrected chi connectivity index (χ4v) is 4.95. The lowest BCUT2D eigenvalue weighted by Gasteiger charge is -2.35. The Bertz CT molecular complexity index is 1040. The molecule has 4 fully saturated rings. The van der Waals surface area contributed by atoms with Gasteiger partial charge in [-0.05, 0) is 43.2 Å². The molecule has 4 aliphatic rings. The van der Waals surface area contributed by atoms with Crippen molar-refractivity contribution in [3.8, 4) is 11.5 Å². The van der Waals surface area contributed by atoms with Gasteiger partial charge in [-0.15, -0.1) is 0 Å². The maximum Gasteiger partial charge on any atom is 0.451 e. The summed E-state index contributed by atoms with van der Waals surface area (Å²) in [5.74, 6) is 0.237. The van der Waals surface area contributed by atoms with Crippen molar-refractivity contribution in [1.82, 2.24) is 15.3 Å². The number of hydrogen-bond acceptors (Lipinski definition) is 7. The SMILES string of the molecule is O=C(COCC12CC(CO1)C2)NCC1CCN(c2cccc(Oc3cnc(C(F)(F)F)nc3)c2)C1. The van der Waals surface area contributed by atoms with Gasteiger partial charge in [-0.1, -0.05) is 6.07 Å². The number of aromatic nitrogens is 2. The van der Waals surface area contributed by atoms with Crippen molar-refractivity contribution in [3.63, 3.8) is 0 Å². The van der Waals surface area contributed by atoms with E-state index in [1.165, 1.54) is 0 Å². The summed E-state index contributed by atoms with van der Waals surface area (Å²) in [7, 11) is 0. The van der Waals surface area contributed by atoms with Crippen LogP contribution in [-0.4, -0.2) is 60.9 Å². The van der Waals surface area contributed by atoms with E-state index >= 15 is 0 Å². The standard InChI is InChI=1S/C24H27F3N4O4/c25-24(26,27)22-29-10-20(11-30-22)35-19-3-1-2-18(6-19)31-5-4-16(12-31)9-28-21(32)14-33-15-23-7-17(8-23)13-34-23/h1-3,6,10-11,16-17H,4-5,7-9,12-15H2,(H,28,32). The van der Waals surface area contributed by atoms with E-state index in [2.05, 4.69) is 20.2 Å². The van der Waals surface area contributed by atoms with Crippen molar-refractivity contribution in [2.75, 3.05) is 44.4 Å². The van der Waals surface area contributed by atoms with Crippen LogP contribution < -0.4 is 15.0 Å². The number of amides is 1. The summed E-state index contributed by atoms with van der Waals surface area (Å²) >= 11 is 0. The van der Waals surface area contributed by atoms with Gasteiger partial charge in [0.2, 0.25) is 11.7 Å². The van der Waals surface area contributed by atoms with Crippen molar-refractivity contribution in [2.45, 2.75) is 31.0 Å². The van der Waals surface area contributed by atoms with Crippen LogP contribution in [0.3, 0.4) is 0 Å². The molecule has 1 unspecified atom stereocenters. The first kappa shape index (κ1) is 23.8. The van der Waals surface area contributed by atoms with Gasteiger partial charge in [0, 0.05) is 31.4 Å². The Labute approximate surface area is 200 Å². The number of fused-ring (bicyclic) bond motifs is 1. The van der Waals surface area contributed by atoms with Gasteiger partial charge in [0.1, 0.15) is 12.4 Å². The first-order chi connectivity index (χ1) is 16.8. The molecule has 1 aromatic carbocycles. The van der Waals surface area contributed by atoms with Crippen LogP contribution >= 0.6 is 0 Å². The molecular formula is C24H27F3N4O4. The number of rotatable bonds is 9. The molecule has 1 aromatic heterocycles. The third-order valence-electron chi connectivity index (χ3n) is 6.72. The Balaban J connectivity index is 1.06. The van der Waals surface area contributed by atoms with Crippen molar-refractivity contribution < 1.29 is 32.2 Å². The number of alkyl halides is 3. The van der Waals surface area contributed by atoms with Crippen LogP contribution in [0.2, 0.25) is 0 Å². The van der Waals surface area contributed by atoms with E-state index < -0.39 is 12.0 Å². The van der Waals surface area contributed by atoms with Gasteiger partial charge in [-0.3, -0.25) is 4.79 Å². The molecule has 1 saturated carbocycles. The number of nitrogens with one attached hydrogen (secondary N) is 1. The molecule has 2 bridgehead atoms. The van der Waals surface area contributed by atoms with Crippen molar-refractivity contribution in [3.05, 3.63) is 42.5 Å². The van der Waals surface area contributed by atoms with Gasteiger partial charge in [0.15, 0.2) is 5.75 Å². The molecule has 3 aliphatic heterocycles. The van der Waals surface area contributed by atoms with E-state index in [1.54, 1.807) is 6.07 Å². The number of ether oxygens (including phenoxy) is 3. The smallest absolute Gasteiger partial charge is 0.451 e. The summed E-state index contributed by atoms with van der Waals surface area (Å²) in [6, 6.07) is 7.30. The maximum atomic E-state index is 12.6. The Hall–Kier alpha value is -2.92. The van der Waals surface area contributed by atoms with E-state index in [4.69, 9.17) is 14.2 Å². The van der Waals surface area contributed by atoms with E-state index in [-0.39, 0.29) is 23.9 Å². The van der Waals surface area contributed by atoms with Crippen LogP contribution in [0, 0.1) is 11.8 Å². The Morgan fingerprint density at radius 3 is 2.74 bits per heavy atom. The summed E-state index contributed by atoms with van der Waals surface area (Å²) in [6.07, 6.45) is 0.418. The molecule has 1 N–H and O–H groups in total. The number of benzene rings is 1.